The Balaban J connectivity index is 1.80. The molecule has 0 fully saturated rings. The molecule has 4 N–H and O–H groups in total. The fourth-order valence-electron chi connectivity index (χ4n) is 3.06. The maximum Gasteiger partial charge on any atom is 0.118 e. The van der Waals surface area contributed by atoms with Crippen LogP contribution in [0.2, 0.25) is 0 Å². The molecule has 0 radical (unpaired) electrons. The standard InChI is InChI=1S/C23H32N4O4/c1-23(2,15-24-13-21(26-28)17-5-9-19(30-3)10-6-17)16-25-14-22(27-29)18-7-11-20(31-4)12-8-18/h5-12,24-25,28-29H,13-16H2,1-4H3/b26-21-,27-22-. The van der Waals surface area contributed by atoms with Gasteiger partial charge in [0.1, 0.15) is 22.9 Å². The minimum atomic E-state index is -0.0824. The first-order valence-electron chi connectivity index (χ1n) is 10.0. The summed E-state index contributed by atoms with van der Waals surface area (Å²) in [5.41, 5.74) is 2.69. The van der Waals surface area contributed by atoms with E-state index in [4.69, 9.17) is 9.47 Å². The van der Waals surface area contributed by atoms with Crippen LogP contribution in [0.4, 0.5) is 0 Å². The summed E-state index contributed by atoms with van der Waals surface area (Å²) < 4.78 is 10.3. The van der Waals surface area contributed by atoms with Gasteiger partial charge in [-0.3, -0.25) is 0 Å². The number of rotatable bonds is 12. The monoisotopic (exact) mass is 428 g/mol. The van der Waals surface area contributed by atoms with Crippen molar-refractivity contribution in [2.45, 2.75) is 13.8 Å². The van der Waals surface area contributed by atoms with Crippen LogP contribution in [-0.2, 0) is 0 Å². The molecule has 0 bridgehead atoms. The van der Waals surface area contributed by atoms with E-state index in [1.807, 2.05) is 48.5 Å². The predicted molar refractivity (Wildman–Crippen MR) is 122 cm³/mol. The largest absolute Gasteiger partial charge is 0.497 e. The van der Waals surface area contributed by atoms with Gasteiger partial charge in [-0.15, -0.1) is 0 Å². The summed E-state index contributed by atoms with van der Waals surface area (Å²) in [6.07, 6.45) is 0. The molecule has 0 saturated heterocycles. The number of ether oxygens (including phenoxy) is 2. The maximum absolute atomic E-state index is 9.37. The highest BCUT2D eigenvalue weighted by molar-refractivity contribution is 6.02. The third-order valence-electron chi connectivity index (χ3n) is 4.88. The van der Waals surface area contributed by atoms with Gasteiger partial charge in [0.15, 0.2) is 0 Å². The lowest BCUT2D eigenvalue weighted by atomic mass is 9.93. The Morgan fingerprint density at radius 2 is 1.10 bits per heavy atom. The van der Waals surface area contributed by atoms with E-state index in [9.17, 15) is 10.4 Å². The first-order valence-corrected chi connectivity index (χ1v) is 10.0. The molecule has 0 unspecified atom stereocenters. The Labute approximate surface area is 183 Å². The molecular formula is C23H32N4O4. The molecular weight excluding hydrogens is 396 g/mol. The summed E-state index contributed by atoms with van der Waals surface area (Å²) in [7, 11) is 3.22. The van der Waals surface area contributed by atoms with Gasteiger partial charge in [0.05, 0.1) is 14.2 Å². The van der Waals surface area contributed by atoms with E-state index in [2.05, 4.69) is 34.8 Å². The second kappa shape index (κ2) is 11.9. The number of nitrogens with zero attached hydrogens (tertiary/aromatic N) is 2. The number of benzene rings is 2. The molecule has 0 aliphatic rings. The van der Waals surface area contributed by atoms with Crippen molar-refractivity contribution >= 4 is 11.4 Å². The smallest absolute Gasteiger partial charge is 0.118 e. The Morgan fingerprint density at radius 1 is 0.742 bits per heavy atom. The number of nitrogens with one attached hydrogen (secondary N) is 2. The Bertz CT molecular complexity index is 791. The average molecular weight is 429 g/mol. The van der Waals surface area contributed by atoms with Crippen LogP contribution in [0.1, 0.15) is 25.0 Å². The third kappa shape index (κ3) is 7.58. The first-order chi connectivity index (χ1) is 14.9. The highest BCUT2D eigenvalue weighted by Gasteiger charge is 2.18. The highest BCUT2D eigenvalue weighted by atomic mass is 16.5. The topological polar surface area (TPSA) is 108 Å². The van der Waals surface area contributed by atoms with Gasteiger partial charge in [-0.05, 0) is 53.9 Å². The number of methoxy groups -OCH3 is 2. The number of oxime groups is 2. The van der Waals surface area contributed by atoms with Gasteiger partial charge in [0, 0.05) is 37.3 Å². The minimum Gasteiger partial charge on any atom is -0.497 e. The molecule has 31 heavy (non-hydrogen) atoms. The van der Waals surface area contributed by atoms with E-state index in [0.717, 1.165) is 22.6 Å². The van der Waals surface area contributed by atoms with Crippen molar-refractivity contribution in [3.63, 3.8) is 0 Å². The van der Waals surface area contributed by atoms with Crippen LogP contribution in [0.3, 0.4) is 0 Å². The number of hydrogen-bond donors (Lipinski definition) is 4. The zero-order chi connectivity index (χ0) is 22.7. The summed E-state index contributed by atoms with van der Waals surface area (Å²) in [6.45, 7) is 6.51. The zero-order valence-electron chi connectivity index (χ0n) is 18.6. The Morgan fingerprint density at radius 3 is 1.39 bits per heavy atom. The summed E-state index contributed by atoms with van der Waals surface area (Å²) in [6, 6.07) is 14.8. The maximum atomic E-state index is 9.37. The summed E-state index contributed by atoms with van der Waals surface area (Å²) in [5.74, 6) is 1.50. The lowest BCUT2D eigenvalue weighted by molar-refractivity contribution is 0.312. The molecule has 2 rings (SSSR count). The van der Waals surface area contributed by atoms with E-state index in [1.165, 1.54) is 0 Å². The second-order valence-electron chi connectivity index (χ2n) is 7.92. The minimum absolute atomic E-state index is 0.0824. The van der Waals surface area contributed by atoms with E-state index in [-0.39, 0.29) is 5.41 Å². The quantitative estimate of drug-likeness (QED) is 0.235. The van der Waals surface area contributed by atoms with Crippen molar-refractivity contribution in [2.24, 2.45) is 15.7 Å². The molecule has 0 heterocycles. The van der Waals surface area contributed by atoms with E-state index in [1.54, 1.807) is 14.2 Å². The van der Waals surface area contributed by atoms with E-state index in [0.29, 0.717) is 37.6 Å². The van der Waals surface area contributed by atoms with Crippen LogP contribution in [0.5, 0.6) is 11.5 Å². The molecule has 8 heteroatoms. The molecule has 0 aliphatic heterocycles. The molecule has 8 nitrogen and oxygen atoms in total. The number of hydrogen-bond acceptors (Lipinski definition) is 8. The van der Waals surface area contributed by atoms with Crippen molar-refractivity contribution in [3.8, 4) is 11.5 Å². The Hall–Kier alpha value is -3.10. The van der Waals surface area contributed by atoms with Gasteiger partial charge in [-0.2, -0.15) is 0 Å². The molecule has 168 valence electrons. The molecule has 0 spiro atoms. The van der Waals surface area contributed by atoms with Gasteiger partial charge in [-0.1, -0.05) is 24.2 Å². The molecule has 0 amide bonds. The molecule has 0 atom stereocenters. The van der Waals surface area contributed by atoms with Gasteiger partial charge >= 0.3 is 0 Å². The van der Waals surface area contributed by atoms with E-state index < -0.39 is 0 Å². The molecule has 0 aromatic heterocycles. The molecule has 0 aliphatic carbocycles. The lowest BCUT2D eigenvalue weighted by Gasteiger charge is -2.26. The van der Waals surface area contributed by atoms with Crippen molar-refractivity contribution in [1.82, 2.24) is 10.6 Å². The van der Waals surface area contributed by atoms with Crippen molar-refractivity contribution in [1.29, 1.82) is 0 Å². The van der Waals surface area contributed by atoms with Crippen molar-refractivity contribution in [3.05, 3.63) is 59.7 Å². The van der Waals surface area contributed by atoms with Crippen LogP contribution in [-0.4, -0.2) is 62.2 Å². The molecule has 2 aromatic carbocycles. The first kappa shape index (κ1) is 24.2. The van der Waals surface area contributed by atoms with Crippen LogP contribution in [0.15, 0.2) is 58.8 Å². The predicted octanol–water partition coefficient (Wildman–Crippen LogP) is 2.97. The summed E-state index contributed by atoms with van der Waals surface area (Å²) in [4.78, 5) is 0. The third-order valence-corrected chi connectivity index (χ3v) is 4.88. The van der Waals surface area contributed by atoms with Crippen LogP contribution in [0.25, 0.3) is 0 Å². The molecule has 0 saturated carbocycles. The Kier molecular flexibility index (Phi) is 9.30. The fraction of sp³-hybridized carbons (Fsp3) is 0.391. The summed E-state index contributed by atoms with van der Waals surface area (Å²) >= 11 is 0. The van der Waals surface area contributed by atoms with Crippen molar-refractivity contribution < 1.29 is 19.9 Å². The second-order valence-corrected chi connectivity index (χ2v) is 7.92. The summed E-state index contributed by atoms with van der Waals surface area (Å²) in [5, 5.41) is 32.3. The van der Waals surface area contributed by atoms with Gasteiger partial charge in [0.25, 0.3) is 0 Å². The average Bonchev–Trinajstić information content (AvgIpc) is 2.80. The zero-order valence-corrected chi connectivity index (χ0v) is 18.6. The van der Waals surface area contributed by atoms with Gasteiger partial charge in [0.2, 0.25) is 0 Å². The van der Waals surface area contributed by atoms with Crippen LogP contribution in [0, 0.1) is 5.41 Å². The van der Waals surface area contributed by atoms with Crippen molar-refractivity contribution in [2.75, 3.05) is 40.4 Å². The highest BCUT2D eigenvalue weighted by Crippen LogP contribution is 2.15. The molecule has 2 aromatic rings. The van der Waals surface area contributed by atoms with Crippen LogP contribution < -0.4 is 20.1 Å². The SMILES string of the molecule is COc1ccc(/C(CNCC(C)(C)CNC/C(=N/O)c2ccc(OC)cc2)=N\O)cc1. The fourth-order valence-corrected chi connectivity index (χ4v) is 3.06. The normalized spacial score (nSPS) is 12.6. The lowest BCUT2D eigenvalue weighted by Crippen LogP contribution is -2.41. The van der Waals surface area contributed by atoms with Gasteiger partial charge < -0.3 is 30.5 Å². The van der Waals surface area contributed by atoms with E-state index >= 15 is 0 Å². The van der Waals surface area contributed by atoms with Crippen LogP contribution >= 0.6 is 0 Å². The van der Waals surface area contributed by atoms with Gasteiger partial charge in [-0.25, -0.2) is 0 Å².